The van der Waals surface area contributed by atoms with Crippen LogP contribution < -0.4 is 4.74 Å². The molecular weight excluding hydrogens is 244 g/mol. The molecule has 0 fully saturated rings. The fourth-order valence-electron chi connectivity index (χ4n) is 1.47. The quantitative estimate of drug-likeness (QED) is 0.719. The van der Waals surface area contributed by atoms with Crippen LogP contribution in [-0.2, 0) is 0 Å². The molecule has 1 unspecified atom stereocenters. The Hall–Kier alpha value is -1.09. The number of para-hydroxylation sites is 1. The summed E-state index contributed by atoms with van der Waals surface area (Å²) in [6.45, 7) is 3.63. The van der Waals surface area contributed by atoms with Gasteiger partial charge in [0.15, 0.2) is 5.78 Å². The molecule has 0 amide bonds. The molecule has 1 aromatic rings. The van der Waals surface area contributed by atoms with Gasteiger partial charge in [0.25, 0.3) is 0 Å². The zero-order chi connectivity index (χ0) is 10.1. The molecule has 0 saturated carbocycles. The van der Waals surface area contributed by atoms with Crippen molar-refractivity contribution in [3.8, 4) is 5.75 Å². The molecule has 1 aromatic carbocycles. The van der Waals surface area contributed by atoms with E-state index in [1.54, 1.807) is 12.1 Å². The summed E-state index contributed by atoms with van der Waals surface area (Å²) in [5.74, 6) is 0.742. The van der Waals surface area contributed by atoms with Gasteiger partial charge in [0.05, 0.1) is 16.5 Å². The number of ketones is 1. The van der Waals surface area contributed by atoms with E-state index >= 15 is 0 Å². The average Bonchev–Trinajstić information content (AvgIpc) is 2.19. The summed E-state index contributed by atoms with van der Waals surface area (Å²) in [6.07, 6.45) is 1.83. The first kappa shape index (κ1) is 9.46. The van der Waals surface area contributed by atoms with Crippen molar-refractivity contribution in [2.75, 3.05) is 0 Å². The smallest absolute Gasteiger partial charge is 0.170 e. The number of hydrogen-bond acceptors (Lipinski definition) is 2. The van der Waals surface area contributed by atoms with E-state index in [1.807, 2.05) is 12.1 Å². The van der Waals surface area contributed by atoms with E-state index in [1.165, 1.54) is 0 Å². The zero-order valence-corrected chi connectivity index (χ0v) is 9.08. The highest BCUT2D eigenvalue weighted by atomic mass is 79.9. The molecule has 0 bridgehead atoms. The van der Waals surface area contributed by atoms with Gasteiger partial charge in [0.2, 0.25) is 0 Å². The standard InChI is InChI=1S/C11H9BrO2/c1-2-7-6-10(13)8-4-3-5-9(12)11(8)14-7/h2-5,7H,1,6H2. The maximum atomic E-state index is 11.7. The Bertz CT molecular complexity index is 398. The molecule has 1 heterocycles. The number of ether oxygens (including phenoxy) is 1. The first-order valence-corrected chi connectivity index (χ1v) is 5.12. The van der Waals surface area contributed by atoms with Crippen LogP contribution in [0.1, 0.15) is 16.8 Å². The van der Waals surface area contributed by atoms with Crippen LogP contribution in [0.5, 0.6) is 5.75 Å². The molecule has 0 saturated heterocycles. The normalized spacial score (nSPS) is 19.8. The third-order valence-corrected chi connectivity index (χ3v) is 2.81. The Morgan fingerprint density at radius 3 is 3.07 bits per heavy atom. The third-order valence-electron chi connectivity index (χ3n) is 2.19. The molecule has 72 valence electrons. The lowest BCUT2D eigenvalue weighted by molar-refractivity contribution is 0.0893. The van der Waals surface area contributed by atoms with Gasteiger partial charge in [0, 0.05) is 0 Å². The Kier molecular flexibility index (Phi) is 2.42. The first-order valence-electron chi connectivity index (χ1n) is 4.33. The SMILES string of the molecule is C=CC1CC(=O)c2cccc(Br)c2O1. The largest absolute Gasteiger partial charge is 0.484 e. The summed E-state index contributed by atoms with van der Waals surface area (Å²) in [5, 5.41) is 0. The van der Waals surface area contributed by atoms with Gasteiger partial charge < -0.3 is 4.74 Å². The van der Waals surface area contributed by atoms with Crippen LogP contribution >= 0.6 is 15.9 Å². The van der Waals surface area contributed by atoms with Crippen LogP contribution in [0.4, 0.5) is 0 Å². The van der Waals surface area contributed by atoms with Crippen molar-refractivity contribution in [1.29, 1.82) is 0 Å². The van der Waals surface area contributed by atoms with Crippen molar-refractivity contribution in [2.24, 2.45) is 0 Å². The van der Waals surface area contributed by atoms with E-state index in [-0.39, 0.29) is 11.9 Å². The fourth-order valence-corrected chi connectivity index (χ4v) is 1.93. The minimum absolute atomic E-state index is 0.109. The second kappa shape index (κ2) is 3.58. The van der Waals surface area contributed by atoms with Crippen LogP contribution in [0.3, 0.4) is 0 Å². The minimum atomic E-state index is -0.200. The number of fused-ring (bicyclic) bond motifs is 1. The summed E-state index contributed by atoms with van der Waals surface area (Å²) >= 11 is 3.35. The maximum absolute atomic E-state index is 11.7. The Labute approximate surface area is 90.7 Å². The van der Waals surface area contributed by atoms with Crippen molar-refractivity contribution < 1.29 is 9.53 Å². The van der Waals surface area contributed by atoms with Crippen LogP contribution in [-0.4, -0.2) is 11.9 Å². The van der Waals surface area contributed by atoms with E-state index in [0.29, 0.717) is 17.7 Å². The van der Waals surface area contributed by atoms with E-state index in [4.69, 9.17) is 4.74 Å². The van der Waals surface area contributed by atoms with E-state index in [0.717, 1.165) is 4.47 Å². The number of carbonyl (C=O) groups is 1. The van der Waals surface area contributed by atoms with Crippen molar-refractivity contribution in [3.63, 3.8) is 0 Å². The van der Waals surface area contributed by atoms with Crippen molar-refractivity contribution in [1.82, 2.24) is 0 Å². The Balaban J connectivity index is 2.50. The zero-order valence-electron chi connectivity index (χ0n) is 7.50. The third kappa shape index (κ3) is 1.48. The monoisotopic (exact) mass is 252 g/mol. The molecule has 0 aromatic heterocycles. The highest BCUT2D eigenvalue weighted by Crippen LogP contribution is 2.34. The van der Waals surface area contributed by atoms with Crippen molar-refractivity contribution in [3.05, 3.63) is 40.9 Å². The van der Waals surface area contributed by atoms with Crippen LogP contribution in [0, 0.1) is 0 Å². The highest BCUT2D eigenvalue weighted by molar-refractivity contribution is 9.10. The van der Waals surface area contributed by atoms with Gasteiger partial charge in [-0.1, -0.05) is 18.7 Å². The minimum Gasteiger partial charge on any atom is -0.484 e. The number of benzene rings is 1. The number of halogens is 1. The fraction of sp³-hybridized carbons (Fsp3) is 0.182. The van der Waals surface area contributed by atoms with Crippen LogP contribution in [0.2, 0.25) is 0 Å². The van der Waals surface area contributed by atoms with Gasteiger partial charge in [-0.25, -0.2) is 0 Å². The van der Waals surface area contributed by atoms with Crippen molar-refractivity contribution in [2.45, 2.75) is 12.5 Å². The lowest BCUT2D eigenvalue weighted by Gasteiger charge is -2.23. The Morgan fingerprint density at radius 2 is 2.36 bits per heavy atom. The highest BCUT2D eigenvalue weighted by Gasteiger charge is 2.25. The van der Waals surface area contributed by atoms with E-state index in [2.05, 4.69) is 22.5 Å². The van der Waals surface area contributed by atoms with Gasteiger partial charge in [-0.15, -0.1) is 0 Å². The predicted octanol–water partition coefficient (Wildman–Crippen LogP) is 2.97. The molecule has 1 aliphatic heterocycles. The van der Waals surface area contributed by atoms with Gasteiger partial charge in [-0.05, 0) is 28.1 Å². The molecular formula is C11H9BrO2. The lowest BCUT2D eigenvalue weighted by Crippen LogP contribution is -2.25. The average molecular weight is 253 g/mol. The van der Waals surface area contributed by atoms with Crippen LogP contribution in [0.15, 0.2) is 35.3 Å². The number of Topliss-reactive ketones (excluding diaryl/α,β-unsaturated/α-hetero) is 1. The van der Waals surface area contributed by atoms with E-state index in [9.17, 15) is 4.79 Å². The molecule has 1 atom stereocenters. The molecule has 0 spiro atoms. The predicted molar refractivity (Wildman–Crippen MR) is 57.7 cm³/mol. The number of hydrogen-bond donors (Lipinski definition) is 0. The molecule has 3 heteroatoms. The summed E-state index contributed by atoms with van der Waals surface area (Å²) in [5.41, 5.74) is 0.650. The Morgan fingerprint density at radius 1 is 1.57 bits per heavy atom. The summed E-state index contributed by atoms with van der Waals surface area (Å²) in [7, 11) is 0. The molecule has 2 rings (SSSR count). The molecule has 0 aliphatic carbocycles. The van der Waals surface area contributed by atoms with Crippen molar-refractivity contribution >= 4 is 21.7 Å². The lowest BCUT2D eigenvalue weighted by atomic mass is 10.0. The molecule has 0 radical (unpaired) electrons. The molecule has 2 nitrogen and oxygen atoms in total. The summed E-state index contributed by atoms with van der Waals surface area (Å²) < 4.78 is 6.41. The van der Waals surface area contributed by atoms with Gasteiger partial charge in [-0.2, -0.15) is 0 Å². The molecule has 0 N–H and O–H groups in total. The second-order valence-corrected chi connectivity index (χ2v) is 3.99. The van der Waals surface area contributed by atoms with E-state index < -0.39 is 0 Å². The number of carbonyl (C=O) groups excluding carboxylic acids is 1. The van der Waals surface area contributed by atoms with Gasteiger partial charge in [-0.3, -0.25) is 4.79 Å². The maximum Gasteiger partial charge on any atom is 0.170 e. The van der Waals surface area contributed by atoms with Gasteiger partial charge in [0.1, 0.15) is 11.9 Å². The number of rotatable bonds is 1. The van der Waals surface area contributed by atoms with Gasteiger partial charge >= 0.3 is 0 Å². The summed E-state index contributed by atoms with van der Waals surface area (Å²) in [4.78, 5) is 11.7. The first-order chi connectivity index (χ1) is 6.72. The molecule has 14 heavy (non-hydrogen) atoms. The second-order valence-electron chi connectivity index (χ2n) is 3.14. The molecule has 1 aliphatic rings. The topological polar surface area (TPSA) is 26.3 Å². The summed E-state index contributed by atoms with van der Waals surface area (Å²) in [6, 6.07) is 5.47. The van der Waals surface area contributed by atoms with Crippen LogP contribution in [0.25, 0.3) is 0 Å².